The molecule has 1 saturated carbocycles. The highest BCUT2D eigenvalue weighted by molar-refractivity contribution is 5.45. The number of nitro groups is 1. The van der Waals surface area contributed by atoms with Gasteiger partial charge in [0, 0.05) is 5.56 Å². The molecule has 1 aromatic carbocycles. The summed E-state index contributed by atoms with van der Waals surface area (Å²) in [6.45, 7) is 2.14. The number of nitrogens with zero attached hydrogens (tertiary/aromatic N) is 1. The summed E-state index contributed by atoms with van der Waals surface area (Å²) < 4.78 is 5.61. The summed E-state index contributed by atoms with van der Waals surface area (Å²) in [5.74, 6) is 0.518. The maximum Gasteiger partial charge on any atom is 0.276 e. The SMILES string of the molecule is Cc1ccc(OCC2(N)CCCC2)cc1[N+](=O)[O-]. The lowest BCUT2D eigenvalue weighted by molar-refractivity contribution is -0.385. The van der Waals surface area contributed by atoms with E-state index in [1.807, 2.05) is 0 Å². The Morgan fingerprint density at radius 2 is 2.11 bits per heavy atom. The van der Waals surface area contributed by atoms with Crippen LogP contribution in [0.2, 0.25) is 0 Å². The van der Waals surface area contributed by atoms with E-state index in [-0.39, 0.29) is 11.2 Å². The molecule has 0 heterocycles. The van der Waals surface area contributed by atoms with Crippen molar-refractivity contribution in [3.63, 3.8) is 0 Å². The van der Waals surface area contributed by atoms with Gasteiger partial charge in [-0.05, 0) is 31.9 Å². The standard InChI is InChI=1S/C13H18N2O3/c1-10-4-5-11(8-12(10)15(16)17)18-9-13(14)6-2-3-7-13/h4-5,8H,2-3,6-7,9,14H2,1H3. The molecule has 0 bridgehead atoms. The van der Waals surface area contributed by atoms with E-state index in [2.05, 4.69) is 0 Å². The van der Waals surface area contributed by atoms with Gasteiger partial charge in [0.2, 0.25) is 0 Å². The molecule has 1 fully saturated rings. The van der Waals surface area contributed by atoms with Gasteiger partial charge < -0.3 is 10.5 Å². The molecule has 0 aromatic heterocycles. The van der Waals surface area contributed by atoms with Crippen LogP contribution in [0.25, 0.3) is 0 Å². The molecule has 1 aliphatic carbocycles. The number of hydrogen-bond donors (Lipinski definition) is 1. The molecule has 1 aromatic rings. The maximum absolute atomic E-state index is 10.8. The van der Waals surface area contributed by atoms with E-state index in [9.17, 15) is 10.1 Å². The Labute approximate surface area is 106 Å². The molecule has 0 radical (unpaired) electrons. The van der Waals surface area contributed by atoms with Crippen LogP contribution in [0.4, 0.5) is 5.69 Å². The lowest BCUT2D eigenvalue weighted by Crippen LogP contribution is -2.42. The Bertz CT molecular complexity index is 454. The van der Waals surface area contributed by atoms with E-state index in [1.54, 1.807) is 19.1 Å². The molecule has 0 aliphatic heterocycles. The van der Waals surface area contributed by atoms with Crippen molar-refractivity contribution in [3.05, 3.63) is 33.9 Å². The normalized spacial score (nSPS) is 17.7. The van der Waals surface area contributed by atoms with Crippen LogP contribution in [-0.4, -0.2) is 17.1 Å². The molecule has 0 amide bonds. The van der Waals surface area contributed by atoms with E-state index in [0.29, 0.717) is 17.9 Å². The Morgan fingerprint density at radius 3 is 2.72 bits per heavy atom. The summed E-state index contributed by atoms with van der Waals surface area (Å²) in [7, 11) is 0. The van der Waals surface area contributed by atoms with Crippen molar-refractivity contribution in [2.75, 3.05) is 6.61 Å². The summed E-state index contributed by atoms with van der Waals surface area (Å²) in [5, 5.41) is 10.8. The number of hydrogen-bond acceptors (Lipinski definition) is 4. The van der Waals surface area contributed by atoms with E-state index < -0.39 is 4.92 Å². The van der Waals surface area contributed by atoms with Crippen LogP contribution < -0.4 is 10.5 Å². The third kappa shape index (κ3) is 2.79. The first-order valence-electron chi connectivity index (χ1n) is 6.17. The predicted molar refractivity (Wildman–Crippen MR) is 68.7 cm³/mol. The van der Waals surface area contributed by atoms with E-state index >= 15 is 0 Å². The first-order chi connectivity index (χ1) is 8.50. The van der Waals surface area contributed by atoms with E-state index in [1.165, 1.54) is 6.07 Å². The summed E-state index contributed by atoms with van der Waals surface area (Å²) in [6.07, 6.45) is 4.18. The first kappa shape index (κ1) is 12.8. The Kier molecular flexibility index (Phi) is 3.52. The molecular weight excluding hydrogens is 232 g/mol. The van der Waals surface area contributed by atoms with Gasteiger partial charge >= 0.3 is 0 Å². The predicted octanol–water partition coefficient (Wildman–Crippen LogP) is 2.55. The fourth-order valence-corrected chi connectivity index (χ4v) is 2.33. The number of ether oxygens (including phenoxy) is 1. The topological polar surface area (TPSA) is 78.4 Å². The molecule has 2 rings (SSSR count). The minimum atomic E-state index is -0.393. The zero-order valence-corrected chi connectivity index (χ0v) is 10.5. The molecule has 0 atom stereocenters. The maximum atomic E-state index is 10.8. The van der Waals surface area contributed by atoms with Crippen molar-refractivity contribution in [2.24, 2.45) is 5.73 Å². The highest BCUT2D eigenvalue weighted by Gasteiger charge is 2.30. The smallest absolute Gasteiger partial charge is 0.276 e. The third-order valence-electron chi connectivity index (χ3n) is 3.50. The average Bonchev–Trinajstić information content (AvgIpc) is 2.75. The van der Waals surface area contributed by atoms with Crippen molar-refractivity contribution < 1.29 is 9.66 Å². The van der Waals surface area contributed by atoms with Crippen molar-refractivity contribution in [2.45, 2.75) is 38.1 Å². The van der Waals surface area contributed by atoms with Crippen LogP contribution in [0, 0.1) is 17.0 Å². The zero-order chi connectivity index (χ0) is 13.2. The summed E-state index contributed by atoms with van der Waals surface area (Å²) in [4.78, 5) is 10.4. The molecule has 1 aliphatic rings. The molecule has 98 valence electrons. The Balaban J connectivity index is 2.05. The van der Waals surface area contributed by atoms with Crippen molar-refractivity contribution >= 4 is 5.69 Å². The quantitative estimate of drug-likeness (QED) is 0.658. The molecule has 0 saturated heterocycles. The lowest BCUT2D eigenvalue weighted by atomic mass is 10.0. The largest absolute Gasteiger partial charge is 0.491 e. The van der Waals surface area contributed by atoms with Gasteiger partial charge in [-0.3, -0.25) is 10.1 Å². The van der Waals surface area contributed by atoms with Gasteiger partial charge in [-0.2, -0.15) is 0 Å². The van der Waals surface area contributed by atoms with Crippen LogP contribution in [0.1, 0.15) is 31.2 Å². The molecule has 18 heavy (non-hydrogen) atoms. The summed E-state index contributed by atoms with van der Waals surface area (Å²) in [5.41, 5.74) is 6.63. The highest BCUT2D eigenvalue weighted by Crippen LogP contribution is 2.29. The Hall–Kier alpha value is -1.62. The van der Waals surface area contributed by atoms with Crippen LogP contribution in [0.5, 0.6) is 5.75 Å². The average molecular weight is 250 g/mol. The number of nitro benzene ring substituents is 1. The molecule has 5 heteroatoms. The van der Waals surface area contributed by atoms with Gasteiger partial charge in [-0.1, -0.05) is 12.8 Å². The molecule has 0 unspecified atom stereocenters. The van der Waals surface area contributed by atoms with E-state index in [4.69, 9.17) is 10.5 Å². The van der Waals surface area contributed by atoms with Crippen LogP contribution in [0.3, 0.4) is 0 Å². The molecular formula is C13H18N2O3. The van der Waals surface area contributed by atoms with Crippen LogP contribution >= 0.6 is 0 Å². The van der Waals surface area contributed by atoms with Crippen LogP contribution in [0.15, 0.2) is 18.2 Å². The second-order valence-electron chi connectivity index (χ2n) is 5.06. The number of rotatable bonds is 4. The minimum Gasteiger partial charge on any atom is -0.491 e. The highest BCUT2D eigenvalue weighted by atomic mass is 16.6. The molecule has 5 nitrogen and oxygen atoms in total. The first-order valence-corrected chi connectivity index (χ1v) is 6.17. The second kappa shape index (κ2) is 4.94. The number of benzene rings is 1. The van der Waals surface area contributed by atoms with E-state index in [0.717, 1.165) is 25.7 Å². The second-order valence-corrected chi connectivity index (χ2v) is 5.06. The third-order valence-corrected chi connectivity index (χ3v) is 3.50. The summed E-state index contributed by atoms with van der Waals surface area (Å²) >= 11 is 0. The molecule has 2 N–H and O–H groups in total. The fraction of sp³-hybridized carbons (Fsp3) is 0.538. The Morgan fingerprint density at radius 1 is 1.44 bits per heavy atom. The van der Waals surface area contributed by atoms with Gasteiger partial charge in [0.25, 0.3) is 5.69 Å². The van der Waals surface area contributed by atoms with Crippen molar-refractivity contribution in [1.29, 1.82) is 0 Å². The van der Waals surface area contributed by atoms with Gasteiger partial charge in [0.15, 0.2) is 0 Å². The lowest BCUT2D eigenvalue weighted by Gasteiger charge is -2.23. The van der Waals surface area contributed by atoms with Crippen molar-refractivity contribution in [3.8, 4) is 5.75 Å². The number of nitrogens with two attached hydrogens (primary N) is 1. The van der Waals surface area contributed by atoms with Gasteiger partial charge in [-0.25, -0.2) is 0 Å². The van der Waals surface area contributed by atoms with Gasteiger partial charge in [0.1, 0.15) is 12.4 Å². The monoisotopic (exact) mass is 250 g/mol. The minimum absolute atomic E-state index is 0.0880. The fourth-order valence-electron chi connectivity index (χ4n) is 2.33. The van der Waals surface area contributed by atoms with Crippen molar-refractivity contribution in [1.82, 2.24) is 0 Å². The van der Waals surface area contributed by atoms with Gasteiger partial charge in [-0.15, -0.1) is 0 Å². The van der Waals surface area contributed by atoms with Gasteiger partial charge in [0.05, 0.1) is 16.5 Å². The van der Waals surface area contributed by atoms with Crippen LogP contribution in [-0.2, 0) is 0 Å². The molecule has 0 spiro atoms. The zero-order valence-electron chi connectivity index (χ0n) is 10.5. The number of aryl methyl sites for hydroxylation is 1. The summed E-state index contributed by atoms with van der Waals surface area (Å²) in [6, 6.07) is 4.92.